The summed E-state index contributed by atoms with van der Waals surface area (Å²) in [5.74, 6) is 0.468. The SMILES string of the molecule is NCC1(COCC(F)(F)F)CCOC1C1CC1. The molecule has 1 saturated heterocycles. The molecule has 2 aliphatic rings. The summed E-state index contributed by atoms with van der Waals surface area (Å²) in [7, 11) is 0. The largest absolute Gasteiger partial charge is 0.411 e. The highest BCUT2D eigenvalue weighted by Gasteiger charge is 2.50. The highest BCUT2D eigenvalue weighted by molar-refractivity contribution is 5.00. The van der Waals surface area contributed by atoms with E-state index in [9.17, 15) is 13.2 Å². The molecule has 1 heterocycles. The van der Waals surface area contributed by atoms with Gasteiger partial charge in [0.05, 0.1) is 12.7 Å². The van der Waals surface area contributed by atoms with Crippen molar-refractivity contribution in [3.63, 3.8) is 0 Å². The van der Waals surface area contributed by atoms with Crippen LogP contribution in [0.1, 0.15) is 19.3 Å². The van der Waals surface area contributed by atoms with Crippen LogP contribution in [-0.2, 0) is 9.47 Å². The lowest BCUT2D eigenvalue weighted by atomic mass is 9.79. The Kier molecular flexibility index (Phi) is 3.66. The third kappa shape index (κ3) is 3.11. The number of rotatable bonds is 5. The van der Waals surface area contributed by atoms with Gasteiger partial charge in [0, 0.05) is 18.6 Å². The molecule has 17 heavy (non-hydrogen) atoms. The Morgan fingerprint density at radius 3 is 2.59 bits per heavy atom. The van der Waals surface area contributed by atoms with Crippen LogP contribution >= 0.6 is 0 Å². The van der Waals surface area contributed by atoms with Crippen LogP contribution < -0.4 is 5.73 Å². The number of nitrogens with two attached hydrogens (primary N) is 1. The van der Waals surface area contributed by atoms with Crippen molar-refractivity contribution >= 4 is 0 Å². The van der Waals surface area contributed by atoms with E-state index in [2.05, 4.69) is 0 Å². The summed E-state index contributed by atoms with van der Waals surface area (Å²) in [5.41, 5.74) is 5.32. The second-order valence-electron chi connectivity index (χ2n) is 5.05. The Labute approximate surface area is 98.4 Å². The normalized spacial score (nSPS) is 34.2. The Balaban J connectivity index is 1.89. The molecule has 2 rings (SSSR count). The van der Waals surface area contributed by atoms with E-state index < -0.39 is 18.2 Å². The molecule has 6 heteroatoms. The molecule has 0 aromatic carbocycles. The molecular formula is C11H18F3NO2. The fraction of sp³-hybridized carbons (Fsp3) is 1.00. The van der Waals surface area contributed by atoms with E-state index in [1.165, 1.54) is 0 Å². The first kappa shape index (κ1) is 13.1. The fourth-order valence-corrected chi connectivity index (χ4v) is 2.54. The topological polar surface area (TPSA) is 44.5 Å². The number of hydrogen-bond donors (Lipinski definition) is 1. The van der Waals surface area contributed by atoms with E-state index in [-0.39, 0.29) is 12.7 Å². The first-order valence-corrected chi connectivity index (χ1v) is 5.93. The van der Waals surface area contributed by atoms with Gasteiger partial charge in [0.2, 0.25) is 0 Å². The number of halogens is 3. The van der Waals surface area contributed by atoms with Crippen molar-refractivity contribution < 1.29 is 22.6 Å². The number of hydrogen-bond acceptors (Lipinski definition) is 3. The number of ether oxygens (including phenoxy) is 2. The van der Waals surface area contributed by atoms with Gasteiger partial charge >= 0.3 is 6.18 Å². The van der Waals surface area contributed by atoms with E-state index in [1.54, 1.807) is 0 Å². The predicted molar refractivity (Wildman–Crippen MR) is 55.4 cm³/mol. The van der Waals surface area contributed by atoms with Gasteiger partial charge in [0.1, 0.15) is 6.61 Å². The van der Waals surface area contributed by atoms with Gasteiger partial charge in [-0.15, -0.1) is 0 Å². The van der Waals surface area contributed by atoms with Crippen molar-refractivity contribution in [2.45, 2.75) is 31.5 Å². The summed E-state index contributed by atoms with van der Waals surface area (Å²) in [6.45, 7) is -0.254. The van der Waals surface area contributed by atoms with Crippen molar-refractivity contribution in [2.24, 2.45) is 17.1 Å². The summed E-state index contributed by atoms with van der Waals surface area (Å²) in [6.07, 6.45) is -1.41. The molecule has 0 radical (unpaired) electrons. The van der Waals surface area contributed by atoms with E-state index in [0.717, 1.165) is 12.8 Å². The van der Waals surface area contributed by atoms with Gasteiger partial charge in [0.25, 0.3) is 0 Å². The summed E-state index contributed by atoms with van der Waals surface area (Å²) in [6, 6.07) is 0. The highest BCUT2D eigenvalue weighted by Crippen LogP contribution is 2.47. The van der Waals surface area contributed by atoms with Crippen LogP contribution in [0.15, 0.2) is 0 Å². The molecule has 3 nitrogen and oxygen atoms in total. The van der Waals surface area contributed by atoms with Gasteiger partial charge in [-0.2, -0.15) is 13.2 Å². The predicted octanol–water partition coefficient (Wildman–Crippen LogP) is 1.71. The average molecular weight is 253 g/mol. The Morgan fingerprint density at radius 2 is 2.06 bits per heavy atom. The molecule has 0 aromatic rings. The van der Waals surface area contributed by atoms with Crippen LogP contribution in [0.3, 0.4) is 0 Å². The smallest absolute Gasteiger partial charge is 0.377 e. The third-order valence-corrected chi connectivity index (χ3v) is 3.61. The van der Waals surface area contributed by atoms with Crippen LogP contribution in [0.25, 0.3) is 0 Å². The minimum absolute atomic E-state index is 0.0132. The maximum atomic E-state index is 12.0. The van der Waals surface area contributed by atoms with Crippen molar-refractivity contribution in [3.05, 3.63) is 0 Å². The Morgan fingerprint density at radius 1 is 1.35 bits per heavy atom. The van der Waals surface area contributed by atoms with Gasteiger partial charge in [-0.25, -0.2) is 0 Å². The summed E-state index contributed by atoms with van der Waals surface area (Å²) in [4.78, 5) is 0. The second-order valence-corrected chi connectivity index (χ2v) is 5.05. The molecule has 0 bridgehead atoms. The van der Waals surface area contributed by atoms with E-state index in [4.69, 9.17) is 15.2 Å². The highest BCUT2D eigenvalue weighted by atomic mass is 19.4. The minimum Gasteiger partial charge on any atom is -0.377 e. The molecule has 2 fully saturated rings. The molecule has 2 atom stereocenters. The second kappa shape index (κ2) is 4.74. The molecule has 100 valence electrons. The van der Waals surface area contributed by atoms with Crippen LogP contribution in [0.4, 0.5) is 13.2 Å². The van der Waals surface area contributed by atoms with Crippen LogP contribution in [0, 0.1) is 11.3 Å². The molecule has 1 aliphatic carbocycles. The summed E-state index contributed by atoms with van der Waals surface area (Å²) < 4.78 is 46.5. The lowest BCUT2D eigenvalue weighted by molar-refractivity contribution is -0.183. The molecule has 0 amide bonds. The average Bonchev–Trinajstić information content (AvgIpc) is 2.99. The van der Waals surface area contributed by atoms with Crippen molar-refractivity contribution in [3.8, 4) is 0 Å². The van der Waals surface area contributed by atoms with Crippen molar-refractivity contribution in [1.82, 2.24) is 0 Å². The van der Waals surface area contributed by atoms with Gasteiger partial charge in [-0.1, -0.05) is 0 Å². The van der Waals surface area contributed by atoms with Gasteiger partial charge < -0.3 is 15.2 Å². The lowest BCUT2D eigenvalue weighted by Gasteiger charge is -2.32. The van der Waals surface area contributed by atoms with E-state index in [1.807, 2.05) is 0 Å². The van der Waals surface area contributed by atoms with Crippen molar-refractivity contribution in [2.75, 3.05) is 26.4 Å². The molecule has 0 aromatic heterocycles. The lowest BCUT2D eigenvalue weighted by Crippen LogP contribution is -2.44. The number of alkyl halides is 3. The van der Waals surface area contributed by atoms with Gasteiger partial charge in [-0.05, 0) is 25.2 Å². The minimum atomic E-state index is -4.27. The standard InChI is InChI=1S/C11H18F3NO2/c12-11(13,14)7-16-6-10(5-15)3-4-17-9(10)8-1-2-8/h8-9H,1-7,15H2. The maximum Gasteiger partial charge on any atom is 0.411 e. The van der Waals surface area contributed by atoms with Crippen LogP contribution in [0.5, 0.6) is 0 Å². The summed E-state index contributed by atoms with van der Waals surface area (Å²) >= 11 is 0. The molecule has 2 unspecified atom stereocenters. The zero-order valence-electron chi connectivity index (χ0n) is 9.63. The molecule has 1 aliphatic heterocycles. The van der Waals surface area contributed by atoms with Gasteiger partial charge in [-0.3, -0.25) is 0 Å². The maximum absolute atomic E-state index is 12.0. The first-order chi connectivity index (χ1) is 7.97. The third-order valence-electron chi connectivity index (χ3n) is 3.61. The van der Waals surface area contributed by atoms with Gasteiger partial charge in [0.15, 0.2) is 0 Å². The van der Waals surface area contributed by atoms with E-state index >= 15 is 0 Å². The first-order valence-electron chi connectivity index (χ1n) is 5.93. The van der Waals surface area contributed by atoms with Crippen LogP contribution in [0.2, 0.25) is 0 Å². The van der Waals surface area contributed by atoms with E-state index in [0.29, 0.717) is 25.5 Å². The van der Waals surface area contributed by atoms with Crippen molar-refractivity contribution in [1.29, 1.82) is 0 Å². The molecule has 0 spiro atoms. The summed E-state index contributed by atoms with van der Waals surface area (Å²) in [5, 5.41) is 0. The molecule has 2 N–H and O–H groups in total. The monoisotopic (exact) mass is 253 g/mol. The molecular weight excluding hydrogens is 235 g/mol. The quantitative estimate of drug-likeness (QED) is 0.811. The Bertz CT molecular complexity index is 268. The Hall–Kier alpha value is -0.330. The zero-order valence-corrected chi connectivity index (χ0v) is 9.63. The molecule has 1 saturated carbocycles. The fourth-order valence-electron chi connectivity index (χ4n) is 2.54. The van der Waals surface area contributed by atoms with Crippen LogP contribution in [-0.4, -0.2) is 38.6 Å². The zero-order chi connectivity index (χ0) is 12.5.